The lowest BCUT2D eigenvalue weighted by Crippen LogP contribution is -2.46. The summed E-state index contributed by atoms with van der Waals surface area (Å²) in [6.07, 6.45) is 7.81. The first-order valence-electron chi connectivity index (χ1n) is 6.75. The molecular weight excluding hydrogens is 202 g/mol. The van der Waals surface area contributed by atoms with Crippen molar-refractivity contribution in [2.75, 3.05) is 26.9 Å². The lowest BCUT2D eigenvalue weighted by molar-refractivity contribution is -0.0681. The molecule has 1 fully saturated rings. The molecule has 0 radical (unpaired) electrons. The Hall–Kier alpha value is -0.120. The molecule has 3 heteroatoms. The summed E-state index contributed by atoms with van der Waals surface area (Å²) in [7, 11) is 2.01. The highest BCUT2D eigenvalue weighted by molar-refractivity contribution is 4.79. The minimum absolute atomic E-state index is 0.255. The number of likely N-dealkylation sites (N-methyl/N-ethyl adjacent to an activating group) is 1. The second kappa shape index (κ2) is 8.97. The molecule has 1 saturated heterocycles. The lowest BCUT2D eigenvalue weighted by Gasteiger charge is -2.31. The summed E-state index contributed by atoms with van der Waals surface area (Å²) < 4.78 is 11.3. The second-order valence-corrected chi connectivity index (χ2v) is 4.58. The Morgan fingerprint density at radius 1 is 1.25 bits per heavy atom. The van der Waals surface area contributed by atoms with Crippen LogP contribution in [0.1, 0.15) is 45.4 Å². The molecule has 16 heavy (non-hydrogen) atoms. The van der Waals surface area contributed by atoms with Crippen LogP contribution in [0, 0.1) is 0 Å². The Balaban J connectivity index is 2.02. The van der Waals surface area contributed by atoms with E-state index in [2.05, 4.69) is 12.2 Å². The third kappa shape index (κ3) is 5.28. The molecular formula is C13H27NO2. The minimum atomic E-state index is 0.255. The topological polar surface area (TPSA) is 30.5 Å². The van der Waals surface area contributed by atoms with E-state index < -0.39 is 0 Å². The van der Waals surface area contributed by atoms with Gasteiger partial charge in [0.15, 0.2) is 0 Å². The highest BCUT2D eigenvalue weighted by Gasteiger charge is 2.24. The summed E-state index contributed by atoms with van der Waals surface area (Å²) in [4.78, 5) is 0. The first-order chi connectivity index (χ1) is 7.88. The molecule has 1 N–H and O–H groups in total. The average molecular weight is 229 g/mol. The largest absolute Gasteiger partial charge is 0.379 e. The van der Waals surface area contributed by atoms with E-state index in [0.29, 0.717) is 6.04 Å². The Bertz CT molecular complexity index is 164. The third-order valence-electron chi connectivity index (χ3n) is 3.25. The van der Waals surface area contributed by atoms with Crippen molar-refractivity contribution >= 4 is 0 Å². The van der Waals surface area contributed by atoms with Gasteiger partial charge in [-0.1, -0.05) is 32.6 Å². The molecule has 1 aliphatic heterocycles. The molecule has 2 unspecified atom stereocenters. The monoisotopic (exact) mass is 229 g/mol. The summed E-state index contributed by atoms with van der Waals surface area (Å²) in [5, 5.41) is 3.31. The smallest absolute Gasteiger partial charge is 0.0961 e. The van der Waals surface area contributed by atoms with E-state index in [1.54, 1.807) is 0 Å². The van der Waals surface area contributed by atoms with E-state index in [-0.39, 0.29) is 6.10 Å². The zero-order valence-electron chi connectivity index (χ0n) is 10.8. The summed E-state index contributed by atoms with van der Waals surface area (Å²) in [5.74, 6) is 0. The standard InChI is InChI=1S/C13H27NO2/c1-3-4-5-6-7-9-16-13-11-15-10-8-12(13)14-2/h12-14H,3-11H2,1-2H3. The van der Waals surface area contributed by atoms with Gasteiger partial charge < -0.3 is 14.8 Å². The Morgan fingerprint density at radius 3 is 2.81 bits per heavy atom. The third-order valence-corrected chi connectivity index (χ3v) is 3.25. The molecule has 1 heterocycles. The highest BCUT2D eigenvalue weighted by Crippen LogP contribution is 2.12. The summed E-state index contributed by atoms with van der Waals surface area (Å²) in [6, 6.07) is 0.476. The Kier molecular flexibility index (Phi) is 7.81. The molecule has 1 aliphatic rings. The quantitative estimate of drug-likeness (QED) is 0.648. The molecule has 0 saturated carbocycles. The van der Waals surface area contributed by atoms with Crippen LogP contribution in [0.25, 0.3) is 0 Å². The van der Waals surface area contributed by atoms with Gasteiger partial charge in [-0.15, -0.1) is 0 Å². The first kappa shape index (κ1) is 13.9. The first-order valence-corrected chi connectivity index (χ1v) is 6.75. The van der Waals surface area contributed by atoms with Crippen LogP contribution in [0.2, 0.25) is 0 Å². The average Bonchev–Trinajstić information content (AvgIpc) is 2.34. The van der Waals surface area contributed by atoms with Crippen LogP contribution in [0.5, 0.6) is 0 Å². The number of hydrogen-bond donors (Lipinski definition) is 1. The molecule has 96 valence electrons. The van der Waals surface area contributed by atoms with Gasteiger partial charge in [-0.25, -0.2) is 0 Å². The van der Waals surface area contributed by atoms with Gasteiger partial charge in [0, 0.05) is 19.3 Å². The van der Waals surface area contributed by atoms with Crippen molar-refractivity contribution in [3.8, 4) is 0 Å². The van der Waals surface area contributed by atoms with Gasteiger partial charge in [-0.05, 0) is 19.9 Å². The van der Waals surface area contributed by atoms with Crippen molar-refractivity contribution < 1.29 is 9.47 Å². The maximum Gasteiger partial charge on any atom is 0.0961 e. The van der Waals surface area contributed by atoms with Gasteiger partial charge in [-0.2, -0.15) is 0 Å². The van der Waals surface area contributed by atoms with E-state index >= 15 is 0 Å². The summed E-state index contributed by atoms with van der Waals surface area (Å²) in [6.45, 7) is 4.74. The van der Waals surface area contributed by atoms with Gasteiger partial charge in [0.25, 0.3) is 0 Å². The van der Waals surface area contributed by atoms with Gasteiger partial charge in [0.2, 0.25) is 0 Å². The Morgan fingerprint density at radius 2 is 2.06 bits per heavy atom. The van der Waals surface area contributed by atoms with Gasteiger partial charge in [0.1, 0.15) is 0 Å². The van der Waals surface area contributed by atoms with E-state index in [9.17, 15) is 0 Å². The minimum Gasteiger partial charge on any atom is -0.379 e. The van der Waals surface area contributed by atoms with Crippen molar-refractivity contribution in [2.24, 2.45) is 0 Å². The van der Waals surface area contributed by atoms with Crippen LogP contribution in [0.3, 0.4) is 0 Å². The number of ether oxygens (including phenoxy) is 2. The zero-order chi connectivity index (χ0) is 11.6. The Labute approximate surface area is 99.9 Å². The maximum atomic E-state index is 5.88. The molecule has 0 aromatic heterocycles. The molecule has 0 aromatic carbocycles. The maximum absolute atomic E-state index is 5.88. The molecule has 0 aromatic rings. The molecule has 1 rings (SSSR count). The number of hydrogen-bond acceptors (Lipinski definition) is 3. The lowest BCUT2D eigenvalue weighted by atomic mass is 10.1. The predicted octanol–water partition coefficient (Wildman–Crippen LogP) is 2.35. The molecule has 2 atom stereocenters. The molecule has 0 bridgehead atoms. The van der Waals surface area contributed by atoms with Crippen molar-refractivity contribution in [1.29, 1.82) is 0 Å². The number of nitrogens with one attached hydrogen (secondary N) is 1. The van der Waals surface area contributed by atoms with Crippen molar-refractivity contribution in [3.05, 3.63) is 0 Å². The number of unbranched alkanes of at least 4 members (excludes halogenated alkanes) is 4. The highest BCUT2D eigenvalue weighted by atomic mass is 16.5. The molecule has 0 amide bonds. The molecule has 3 nitrogen and oxygen atoms in total. The molecule has 0 spiro atoms. The van der Waals surface area contributed by atoms with Crippen molar-refractivity contribution in [1.82, 2.24) is 5.32 Å². The molecule has 0 aliphatic carbocycles. The van der Waals surface area contributed by atoms with Crippen molar-refractivity contribution in [2.45, 2.75) is 57.6 Å². The van der Waals surface area contributed by atoms with E-state index in [1.165, 1.54) is 32.1 Å². The van der Waals surface area contributed by atoms with Crippen molar-refractivity contribution in [3.63, 3.8) is 0 Å². The van der Waals surface area contributed by atoms with E-state index in [4.69, 9.17) is 9.47 Å². The van der Waals surface area contributed by atoms with E-state index in [0.717, 1.165) is 26.2 Å². The fraction of sp³-hybridized carbons (Fsp3) is 1.00. The van der Waals surface area contributed by atoms with Gasteiger partial charge in [0.05, 0.1) is 12.7 Å². The SMILES string of the molecule is CCCCCCCOC1COCCC1NC. The number of rotatable bonds is 8. The van der Waals surface area contributed by atoms with Crippen LogP contribution in [-0.4, -0.2) is 39.0 Å². The summed E-state index contributed by atoms with van der Waals surface area (Å²) in [5.41, 5.74) is 0. The van der Waals surface area contributed by atoms with Crippen LogP contribution < -0.4 is 5.32 Å². The van der Waals surface area contributed by atoms with Crippen LogP contribution >= 0.6 is 0 Å². The fourth-order valence-electron chi connectivity index (χ4n) is 2.15. The summed E-state index contributed by atoms with van der Waals surface area (Å²) >= 11 is 0. The van der Waals surface area contributed by atoms with Gasteiger partial charge >= 0.3 is 0 Å². The zero-order valence-corrected chi connectivity index (χ0v) is 10.8. The predicted molar refractivity (Wildman–Crippen MR) is 66.8 cm³/mol. The van der Waals surface area contributed by atoms with Gasteiger partial charge in [-0.3, -0.25) is 0 Å². The van der Waals surface area contributed by atoms with E-state index in [1.807, 2.05) is 7.05 Å². The second-order valence-electron chi connectivity index (χ2n) is 4.58. The fourth-order valence-corrected chi connectivity index (χ4v) is 2.15. The normalized spacial score (nSPS) is 25.9. The van der Waals surface area contributed by atoms with Crippen LogP contribution in [-0.2, 0) is 9.47 Å². The van der Waals surface area contributed by atoms with Crippen LogP contribution in [0.15, 0.2) is 0 Å². The van der Waals surface area contributed by atoms with Crippen LogP contribution in [0.4, 0.5) is 0 Å².